The monoisotopic (exact) mass is 405 g/mol. The number of methoxy groups -OCH3 is 2. The molecule has 0 saturated carbocycles. The van der Waals surface area contributed by atoms with Gasteiger partial charge in [0.1, 0.15) is 11.5 Å². The number of hydrogen-bond acceptors (Lipinski definition) is 9. The zero-order chi connectivity index (χ0) is 19.2. The van der Waals surface area contributed by atoms with E-state index >= 15 is 0 Å². The van der Waals surface area contributed by atoms with Crippen LogP contribution in [0, 0.1) is 0 Å². The third-order valence-corrected chi connectivity index (χ3v) is 5.06. The van der Waals surface area contributed by atoms with Crippen LogP contribution in [0.2, 0.25) is 0 Å². The van der Waals surface area contributed by atoms with Crippen LogP contribution in [0.25, 0.3) is 10.6 Å². The summed E-state index contributed by atoms with van der Waals surface area (Å²) < 4.78 is 10.6. The molecule has 0 fully saturated rings. The van der Waals surface area contributed by atoms with Crippen LogP contribution >= 0.6 is 23.1 Å². The summed E-state index contributed by atoms with van der Waals surface area (Å²) in [6, 6.07) is 6.65. The predicted octanol–water partition coefficient (Wildman–Crippen LogP) is 2.04. The van der Waals surface area contributed by atoms with Crippen molar-refractivity contribution in [2.45, 2.75) is 5.16 Å². The Morgan fingerprint density at radius 1 is 1.26 bits per heavy atom. The lowest BCUT2D eigenvalue weighted by Gasteiger charge is -2.07. The van der Waals surface area contributed by atoms with E-state index in [2.05, 4.69) is 25.5 Å². The average molecular weight is 405 g/mol. The molecular formula is C16H15N5O4S2. The van der Waals surface area contributed by atoms with Crippen LogP contribution < -0.4 is 20.3 Å². The number of nitrogens with zero attached hydrogens (tertiary/aromatic N) is 3. The van der Waals surface area contributed by atoms with Gasteiger partial charge in [0.25, 0.3) is 5.56 Å². The van der Waals surface area contributed by atoms with Crippen LogP contribution in [0.5, 0.6) is 11.5 Å². The number of carbonyl (C=O) groups is 1. The summed E-state index contributed by atoms with van der Waals surface area (Å²) in [5.41, 5.74) is 0.448. The molecule has 27 heavy (non-hydrogen) atoms. The molecule has 3 aromatic rings. The van der Waals surface area contributed by atoms with E-state index in [1.54, 1.807) is 32.4 Å². The first-order valence-corrected chi connectivity index (χ1v) is 9.43. The molecule has 140 valence electrons. The largest absolute Gasteiger partial charge is 0.497 e. The highest BCUT2D eigenvalue weighted by molar-refractivity contribution is 7.99. The number of hydrogen-bond donors (Lipinski definition) is 2. The number of ether oxygens (including phenoxy) is 2. The third-order valence-electron chi connectivity index (χ3n) is 3.30. The van der Waals surface area contributed by atoms with Gasteiger partial charge in [0, 0.05) is 12.3 Å². The van der Waals surface area contributed by atoms with E-state index in [-0.39, 0.29) is 17.2 Å². The number of carbonyl (C=O) groups excluding carboxylic acids is 1. The van der Waals surface area contributed by atoms with Gasteiger partial charge >= 0.3 is 0 Å². The first-order valence-electron chi connectivity index (χ1n) is 7.63. The molecule has 0 saturated heterocycles. The molecule has 0 spiro atoms. The summed E-state index contributed by atoms with van der Waals surface area (Å²) in [6.45, 7) is 0. The molecule has 2 N–H and O–H groups in total. The molecule has 0 radical (unpaired) electrons. The predicted molar refractivity (Wildman–Crippen MR) is 103 cm³/mol. The van der Waals surface area contributed by atoms with Crippen molar-refractivity contribution in [2.24, 2.45) is 0 Å². The highest BCUT2D eigenvalue weighted by Gasteiger charge is 2.15. The molecule has 2 heterocycles. The van der Waals surface area contributed by atoms with Crippen molar-refractivity contribution in [3.63, 3.8) is 0 Å². The van der Waals surface area contributed by atoms with Crippen molar-refractivity contribution >= 4 is 34.1 Å². The molecule has 0 bridgehead atoms. The summed E-state index contributed by atoms with van der Waals surface area (Å²) >= 11 is 2.33. The van der Waals surface area contributed by atoms with Crippen LogP contribution in [0.1, 0.15) is 0 Å². The number of nitrogens with one attached hydrogen (secondary N) is 2. The van der Waals surface area contributed by atoms with Crippen molar-refractivity contribution in [3.05, 3.63) is 40.8 Å². The summed E-state index contributed by atoms with van der Waals surface area (Å²) in [6.07, 6.45) is 1.39. The zero-order valence-corrected chi connectivity index (χ0v) is 16.0. The van der Waals surface area contributed by atoms with Gasteiger partial charge in [0.2, 0.25) is 11.0 Å². The van der Waals surface area contributed by atoms with Crippen molar-refractivity contribution < 1.29 is 14.3 Å². The molecule has 0 aliphatic heterocycles. The smallest absolute Gasteiger partial charge is 0.251 e. The Kier molecular flexibility index (Phi) is 6.04. The Morgan fingerprint density at radius 3 is 2.85 bits per heavy atom. The maximum atomic E-state index is 12.1. The Bertz CT molecular complexity index is 1000. The van der Waals surface area contributed by atoms with Gasteiger partial charge in [-0.3, -0.25) is 14.9 Å². The molecule has 0 aliphatic carbocycles. The number of benzene rings is 1. The topological polar surface area (TPSA) is 119 Å². The number of aromatic nitrogens is 4. The van der Waals surface area contributed by atoms with Crippen LogP contribution in [0.4, 0.5) is 5.13 Å². The Balaban J connectivity index is 1.67. The molecule has 2 aromatic heterocycles. The molecule has 3 rings (SSSR count). The van der Waals surface area contributed by atoms with Crippen LogP contribution in [-0.4, -0.2) is 46.0 Å². The molecule has 1 amide bonds. The molecular weight excluding hydrogens is 390 g/mol. The van der Waals surface area contributed by atoms with Gasteiger partial charge < -0.3 is 14.5 Å². The van der Waals surface area contributed by atoms with E-state index in [9.17, 15) is 9.59 Å². The first-order chi connectivity index (χ1) is 13.1. The SMILES string of the molecule is COc1ccc(OC)c(-c2nnc(NC(=O)CSc3nccc(=O)[nH]3)s2)c1. The first kappa shape index (κ1) is 18.9. The molecule has 0 unspecified atom stereocenters. The molecule has 9 nitrogen and oxygen atoms in total. The lowest BCUT2D eigenvalue weighted by molar-refractivity contribution is -0.113. The second-order valence-electron chi connectivity index (χ2n) is 5.05. The highest BCUT2D eigenvalue weighted by Crippen LogP contribution is 2.36. The van der Waals surface area contributed by atoms with Crippen LogP contribution in [0.15, 0.2) is 40.4 Å². The van der Waals surface area contributed by atoms with Gasteiger partial charge in [-0.15, -0.1) is 10.2 Å². The minimum Gasteiger partial charge on any atom is -0.497 e. The minimum atomic E-state index is -0.285. The molecule has 1 aromatic carbocycles. The number of anilines is 1. The minimum absolute atomic E-state index is 0.0738. The van der Waals surface area contributed by atoms with E-state index in [0.717, 1.165) is 17.3 Å². The Labute approximate surface area is 162 Å². The van der Waals surface area contributed by atoms with Gasteiger partial charge in [-0.2, -0.15) is 0 Å². The van der Waals surface area contributed by atoms with Crippen molar-refractivity contribution in [3.8, 4) is 22.1 Å². The zero-order valence-electron chi connectivity index (χ0n) is 14.4. The second-order valence-corrected chi connectivity index (χ2v) is 7.00. The van der Waals surface area contributed by atoms with Crippen molar-refractivity contribution in [2.75, 3.05) is 25.3 Å². The fraction of sp³-hybridized carbons (Fsp3) is 0.188. The van der Waals surface area contributed by atoms with Crippen molar-refractivity contribution in [1.82, 2.24) is 20.2 Å². The van der Waals surface area contributed by atoms with Gasteiger partial charge in [-0.1, -0.05) is 23.1 Å². The van der Waals surface area contributed by atoms with Crippen LogP contribution in [0.3, 0.4) is 0 Å². The average Bonchev–Trinajstić information content (AvgIpc) is 3.14. The highest BCUT2D eigenvalue weighted by atomic mass is 32.2. The van der Waals surface area contributed by atoms with Gasteiger partial charge in [-0.05, 0) is 18.2 Å². The maximum Gasteiger partial charge on any atom is 0.251 e. The second kappa shape index (κ2) is 8.64. The van der Waals surface area contributed by atoms with E-state index in [4.69, 9.17) is 9.47 Å². The molecule has 0 atom stereocenters. The Hall–Kier alpha value is -2.92. The summed E-state index contributed by atoms with van der Waals surface area (Å²) in [5, 5.41) is 12.1. The number of aromatic amines is 1. The van der Waals surface area contributed by atoms with E-state index in [1.807, 2.05) is 0 Å². The summed E-state index contributed by atoms with van der Waals surface area (Å²) in [5.74, 6) is 1.07. The van der Waals surface area contributed by atoms with Gasteiger partial charge in [0.15, 0.2) is 10.2 Å². The maximum absolute atomic E-state index is 12.1. The lowest BCUT2D eigenvalue weighted by Crippen LogP contribution is -2.15. The van der Waals surface area contributed by atoms with E-state index in [1.165, 1.54) is 23.6 Å². The lowest BCUT2D eigenvalue weighted by atomic mass is 10.2. The van der Waals surface area contributed by atoms with Gasteiger partial charge in [-0.25, -0.2) is 4.98 Å². The standard InChI is InChI=1S/C16H15N5O4S2/c1-24-9-3-4-11(25-2)10(7-9)14-20-21-16(27-14)19-13(23)8-26-15-17-6-5-12(22)18-15/h3-7H,8H2,1-2H3,(H,17,18,22)(H,19,21,23). The Morgan fingerprint density at radius 2 is 2.11 bits per heavy atom. The number of rotatable bonds is 7. The van der Waals surface area contributed by atoms with E-state index < -0.39 is 0 Å². The number of thioether (sulfide) groups is 1. The fourth-order valence-corrected chi connectivity index (χ4v) is 3.51. The number of H-pyrrole nitrogens is 1. The molecule has 11 heteroatoms. The number of amides is 1. The molecule has 0 aliphatic rings. The summed E-state index contributed by atoms with van der Waals surface area (Å²) in [7, 11) is 3.14. The van der Waals surface area contributed by atoms with Crippen molar-refractivity contribution in [1.29, 1.82) is 0 Å². The van der Waals surface area contributed by atoms with E-state index in [0.29, 0.717) is 26.8 Å². The quantitative estimate of drug-likeness (QED) is 0.453. The normalized spacial score (nSPS) is 10.4. The van der Waals surface area contributed by atoms with Crippen LogP contribution in [-0.2, 0) is 4.79 Å². The fourth-order valence-electron chi connectivity index (χ4n) is 2.08. The third kappa shape index (κ3) is 4.83. The summed E-state index contributed by atoms with van der Waals surface area (Å²) in [4.78, 5) is 29.8. The van der Waals surface area contributed by atoms with Gasteiger partial charge in [0.05, 0.1) is 25.5 Å².